The zero-order valence-electron chi connectivity index (χ0n) is 14.9. The number of carbonyl (C=O) groups excluding carboxylic acids is 2. The number of nitrogens with zero attached hydrogens (tertiary/aromatic N) is 2. The van der Waals surface area contributed by atoms with Gasteiger partial charge in [-0.05, 0) is 35.5 Å². The second kappa shape index (κ2) is 10.5. The fraction of sp³-hybridized carbons (Fsp3) is 0.353. The molecule has 9 heteroatoms. The number of carbonyl (C=O) groups is 2. The summed E-state index contributed by atoms with van der Waals surface area (Å²) in [6, 6.07) is 4.98. The molecule has 0 radical (unpaired) electrons. The lowest BCUT2D eigenvalue weighted by atomic mass is 9.93. The molecule has 0 aliphatic carbocycles. The van der Waals surface area contributed by atoms with Gasteiger partial charge < -0.3 is 16.0 Å². The third-order valence-electron chi connectivity index (χ3n) is 3.61. The van der Waals surface area contributed by atoms with E-state index in [0.717, 1.165) is 0 Å². The van der Waals surface area contributed by atoms with Crippen molar-refractivity contribution in [1.82, 2.24) is 9.88 Å². The third kappa shape index (κ3) is 6.25. The number of thiophene rings is 1. The van der Waals surface area contributed by atoms with Gasteiger partial charge in [0.05, 0.1) is 5.69 Å². The zero-order chi connectivity index (χ0) is 17.7. The molecule has 0 bridgehead atoms. The predicted octanol–water partition coefficient (Wildman–Crippen LogP) is 3.30. The van der Waals surface area contributed by atoms with Gasteiger partial charge in [0.15, 0.2) is 0 Å². The molecule has 2 rings (SSSR count). The Bertz CT molecular complexity index is 723. The highest BCUT2D eigenvalue weighted by atomic mass is 35.5. The minimum atomic E-state index is -0.269. The van der Waals surface area contributed by atoms with E-state index in [1.807, 2.05) is 13.8 Å². The second-order valence-corrected chi connectivity index (χ2v) is 7.30. The van der Waals surface area contributed by atoms with Crippen molar-refractivity contribution in [2.75, 3.05) is 25.5 Å². The van der Waals surface area contributed by atoms with Gasteiger partial charge in [0.2, 0.25) is 0 Å². The molecule has 0 spiro atoms. The van der Waals surface area contributed by atoms with Crippen LogP contribution in [0.5, 0.6) is 0 Å². The van der Waals surface area contributed by atoms with Crippen LogP contribution in [0.1, 0.15) is 33.9 Å². The molecular formula is C17H24Cl2N4O2S. The number of rotatable bonds is 6. The summed E-state index contributed by atoms with van der Waals surface area (Å²) in [5.41, 5.74) is 6.58. The van der Waals surface area contributed by atoms with Gasteiger partial charge in [-0.15, -0.1) is 36.2 Å². The maximum absolute atomic E-state index is 12.7. The molecule has 0 aliphatic heterocycles. The largest absolute Gasteiger partial charge is 0.340 e. The standard InChI is InChI=1S/C17H22N4O2S.2ClH/c1-17(2,10-18)11-21(3)16(23)14-13(6-9-24-14)20-15(22)12-4-7-19-8-5-12;;/h4-9H,10-11,18H2,1-3H3,(H,20,22);2*1H. The predicted molar refractivity (Wildman–Crippen MR) is 111 cm³/mol. The van der Waals surface area contributed by atoms with E-state index in [0.29, 0.717) is 29.2 Å². The maximum atomic E-state index is 12.7. The fourth-order valence-corrected chi connectivity index (χ4v) is 3.07. The summed E-state index contributed by atoms with van der Waals surface area (Å²) in [7, 11) is 1.74. The molecule has 0 unspecified atom stereocenters. The van der Waals surface area contributed by atoms with E-state index in [1.54, 1.807) is 47.9 Å². The summed E-state index contributed by atoms with van der Waals surface area (Å²) in [6.45, 7) is 5.05. The first kappa shape index (κ1) is 24.3. The second-order valence-electron chi connectivity index (χ2n) is 6.38. The van der Waals surface area contributed by atoms with Crippen LogP contribution in [-0.2, 0) is 0 Å². The number of anilines is 1. The first-order valence-electron chi connectivity index (χ1n) is 7.58. The molecule has 26 heavy (non-hydrogen) atoms. The Morgan fingerprint density at radius 3 is 2.42 bits per heavy atom. The topological polar surface area (TPSA) is 88.3 Å². The van der Waals surface area contributed by atoms with Gasteiger partial charge >= 0.3 is 0 Å². The van der Waals surface area contributed by atoms with Crippen molar-refractivity contribution in [2.24, 2.45) is 11.1 Å². The van der Waals surface area contributed by atoms with Gasteiger partial charge in [0.1, 0.15) is 4.88 Å². The number of halogens is 2. The third-order valence-corrected chi connectivity index (χ3v) is 4.52. The van der Waals surface area contributed by atoms with Crippen molar-refractivity contribution < 1.29 is 9.59 Å². The van der Waals surface area contributed by atoms with Crippen LogP contribution in [0.25, 0.3) is 0 Å². The van der Waals surface area contributed by atoms with E-state index in [2.05, 4.69) is 10.3 Å². The Kier molecular flexibility index (Phi) is 9.80. The molecule has 0 aromatic carbocycles. The summed E-state index contributed by atoms with van der Waals surface area (Å²) in [5.74, 6) is -0.397. The van der Waals surface area contributed by atoms with Gasteiger partial charge in [-0.25, -0.2) is 0 Å². The van der Waals surface area contributed by atoms with Crippen LogP contribution >= 0.6 is 36.2 Å². The van der Waals surface area contributed by atoms with Crippen LogP contribution < -0.4 is 11.1 Å². The smallest absolute Gasteiger partial charge is 0.265 e. The lowest BCUT2D eigenvalue weighted by Crippen LogP contribution is -2.39. The van der Waals surface area contributed by atoms with Crippen molar-refractivity contribution in [2.45, 2.75) is 13.8 Å². The summed E-state index contributed by atoms with van der Waals surface area (Å²) >= 11 is 1.31. The maximum Gasteiger partial charge on any atom is 0.265 e. The quantitative estimate of drug-likeness (QED) is 0.752. The Labute approximate surface area is 170 Å². The average Bonchev–Trinajstić information content (AvgIpc) is 3.02. The Morgan fingerprint density at radius 2 is 1.85 bits per heavy atom. The minimum Gasteiger partial charge on any atom is -0.340 e. The average molecular weight is 419 g/mol. The molecule has 3 N–H and O–H groups in total. The SMILES string of the molecule is CN(CC(C)(C)CN)C(=O)c1sccc1NC(=O)c1ccncc1.Cl.Cl. The van der Waals surface area contributed by atoms with Crippen LogP contribution in [0.4, 0.5) is 5.69 Å². The van der Waals surface area contributed by atoms with Crippen LogP contribution in [0.2, 0.25) is 0 Å². The summed E-state index contributed by atoms with van der Waals surface area (Å²) in [5, 5.41) is 4.58. The van der Waals surface area contributed by atoms with Gasteiger partial charge in [-0.2, -0.15) is 0 Å². The van der Waals surface area contributed by atoms with Crippen LogP contribution in [-0.4, -0.2) is 41.8 Å². The monoisotopic (exact) mass is 418 g/mol. The normalized spacial score (nSPS) is 10.3. The number of amides is 2. The molecule has 2 aromatic heterocycles. The van der Waals surface area contributed by atoms with Crippen LogP contribution in [0, 0.1) is 5.41 Å². The number of pyridine rings is 1. The molecule has 144 valence electrons. The lowest BCUT2D eigenvalue weighted by molar-refractivity contribution is 0.0746. The number of hydrogen-bond acceptors (Lipinski definition) is 5. The first-order valence-corrected chi connectivity index (χ1v) is 8.46. The molecule has 2 amide bonds. The van der Waals surface area contributed by atoms with Crippen molar-refractivity contribution in [3.05, 3.63) is 46.4 Å². The minimum absolute atomic E-state index is 0. The molecule has 2 aromatic rings. The summed E-state index contributed by atoms with van der Waals surface area (Å²) < 4.78 is 0. The first-order chi connectivity index (χ1) is 11.3. The number of hydrogen-bond donors (Lipinski definition) is 2. The molecular weight excluding hydrogens is 395 g/mol. The van der Waals surface area contributed by atoms with E-state index >= 15 is 0 Å². The number of aromatic nitrogens is 1. The Morgan fingerprint density at radius 1 is 1.23 bits per heavy atom. The van der Waals surface area contributed by atoms with Gasteiger partial charge in [0.25, 0.3) is 11.8 Å². The summed E-state index contributed by atoms with van der Waals surface area (Å²) in [4.78, 5) is 31.0. The Hall–Kier alpha value is -1.67. The molecule has 0 aliphatic rings. The molecule has 0 saturated heterocycles. The molecule has 0 atom stereocenters. The highest BCUT2D eigenvalue weighted by Crippen LogP contribution is 2.25. The van der Waals surface area contributed by atoms with E-state index in [9.17, 15) is 9.59 Å². The number of nitrogens with two attached hydrogens (primary N) is 1. The Balaban J connectivity index is 0.00000312. The van der Waals surface area contributed by atoms with Crippen molar-refractivity contribution in [3.8, 4) is 0 Å². The zero-order valence-corrected chi connectivity index (χ0v) is 17.3. The van der Waals surface area contributed by atoms with E-state index in [1.165, 1.54) is 11.3 Å². The summed E-state index contributed by atoms with van der Waals surface area (Å²) in [6.07, 6.45) is 3.11. The van der Waals surface area contributed by atoms with E-state index in [4.69, 9.17) is 5.73 Å². The molecule has 2 heterocycles. The lowest BCUT2D eigenvalue weighted by Gasteiger charge is -2.29. The number of nitrogens with one attached hydrogen (secondary N) is 1. The van der Waals surface area contributed by atoms with Gasteiger partial charge in [-0.1, -0.05) is 13.8 Å². The van der Waals surface area contributed by atoms with Crippen molar-refractivity contribution in [3.63, 3.8) is 0 Å². The highest BCUT2D eigenvalue weighted by molar-refractivity contribution is 7.12. The van der Waals surface area contributed by atoms with Gasteiger partial charge in [-0.3, -0.25) is 14.6 Å². The van der Waals surface area contributed by atoms with Crippen LogP contribution in [0.3, 0.4) is 0 Å². The van der Waals surface area contributed by atoms with E-state index in [-0.39, 0.29) is 42.0 Å². The molecule has 0 saturated carbocycles. The van der Waals surface area contributed by atoms with E-state index < -0.39 is 0 Å². The molecule has 0 fully saturated rings. The van der Waals surface area contributed by atoms with Gasteiger partial charge in [0, 0.05) is 31.5 Å². The fourth-order valence-electron chi connectivity index (χ4n) is 2.22. The van der Waals surface area contributed by atoms with Crippen LogP contribution in [0.15, 0.2) is 36.0 Å². The van der Waals surface area contributed by atoms with Crippen molar-refractivity contribution >= 4 is 53.7 Å². The van der Waals surface area contributed by atoms with Crippen molar-refractivity contribution in [1.29, 1.82) is 0 Å². The molecule has 6 nitrogen and oxygen atoms in total. The highest BCUT2D eigenvalue weighted by Gasteiger charge is 2.24.